The summed E-state index contributed by atoms with van der Waals surface area (Å²) in [5.74, 6) is 0. The van der Waals surface area contributed by atoms with Crippen LogP contribution in [0.3, 0.4) is 0 Å². The summed E-state index contributed by atoms with van der Waals surface area (Å²) in [5, 5.41) is 3.90. The van der Waals surface area contributed by atoms with Crippen LogP contribution in [-0.2, 0) is 0 Å². The molecule has 1 N–H and O–H groups in total. The molecule has 0 radical (unpaired) electrons. The minimum Gasteiger partial charge on any atom is -0.312 e. The third-order valence-electron chi connectivity index (χ3n) is 5.90. The molecule has 0 aromatic rings. The van der Waals surface area contributed by atoms with E-state index in [2.05, 4.69) is 29.2 Å². The standard InChI is InChI=1S/C16H31N3/c1-18-9-4-3-6-16(18)12-17-13-10-14-7-5-8-15(11-13)19(14)2/h13-17H,3-12H2,1-2H3. The predicted molar refractivity (Wildman–Crippen MR) is 80.5 cm³/mol. The van der Waals surface area contributed by atoms with Gasteiger partial charge in [-0.05, 0) is 59.2 Å². The summed E-state index contributed by atoms with van der Waals surface area (Å²) in [4.78, 5) is 5.22. The first-order valence-corrected chi connectivity index (χ1v) is 8.39. The zero-order valence-corrected chi connectivity index (χ0v) is 12.8. The van der Waals surface area contributed by atoms with Gasteiger partial charge in [0.05, 0.1) is 0 Å². The Bertz CT molecular complexity index is 280. The first kappa shape index (κ1) is 13.8. The summed E-state index contributed by atoms with van der Waals surface area (Å²) in [6.45, 7) is 2.51. The Morgan fingerprint density at radius 2 is 1.68 bits per heavy atom. The molecule has 0 aliphatic carbocycles. The summed E-state index contributed by atoms with van der Waals surface area (Å²) in [7, 11) is 4.65. The van der Waals surface area contributed by atoms with E-state index >= 15 is 0 Å². The molecule has 3 heteroatoms. The van der Waals surface area contributed by atoms with Crippen LogP contribution in [0.25, 0.3) is 0 Å². The molecule has 19 heavy (non-hydrogen) atoms. The van der Waals surface area contributed by atoms with Gasteiger partial charge in [0.1, 0.15) is 0 Å². The number of piperidine rings is 3. The molecule has 0 spiro atoms. The summed E-state index contributed by atoms with van der Waals surface area (Å²) < 4.78 is 0. The molecule has 3 rings (SSSR count). The van der Waals surface area contributed by atoms with Gasteiger partial charge in [0.25, 0.3) is 0 Å². The lowest BCUT2D eigenvalue weighted by Gasteiger charge is -2.47. The van der Waals surface area contributed by atoms with Crippen LogP contribution < -0.4 is 5.32 Å². The van der Waals surface area contributed by atoms with E-state index in [0.717, 1.165) is 24.2 Å². The van der Waals surface area contributed by atoms with E-state index in [4.69, 9.17) is 0 Å². The smallest absolute Gasteiger partial charge is 0.0217 e. The molecule has 3 fully saturated rings. The van der Waals surface area contributed by atoms with Crippen LogP contribution in [0, 0.1) is 0 Å². The van der Waals surface area contributed by atoms with E-state index < -0.39 is 0 Å². The second kappa shape index (κ2) is 6.11. The fraction of sp³-hybridized carbons (Fsp3) is 1.00. The van der Waals surface area contributed by atoms with Crippen LogP contribution in [0.15, 0.2) is 0 Å². The van der Waals surface area contributed by atoms with Gasteiger partial charge in [-0.15, -0.1) is 0 Å². The summed E-state index contributed by atoms with van der Waals surface area (Å²) in [5.41, 5.74) is 0. The van der Waals surface area contributed by atoms with Crippen LogP contribution in [0.1, 0.15) is 51.4 Å². The molecular formula is C16H31N3. The lowest BCUT2D eigenvalue weighted by molar-refractivity contribution is 0.0459. The molecule has 3 unspecified atom stereocenters. The summed E-state index contributed by atoms with van der Waals surface area (Å²) >= 11 is 0. The highest BCUT2D eigenvalue weighted by Crippen LogP contribution is 2.32. The van der Waals surface area contributed by atoms with Crippen molar-refractivity contribution in [1.82, 2.24) is 15.1 Å². The quantitative estimate of drug-likeness (QED) is 0.843. The second-order valence-corrected chi connectivity index (χ2v) is 7.11. The molecule has 3 saturated heterocycles. The van der Waals surface area contributed by atoms with Gasteiger partial charge in [0.15, 0.2) is 0 Å². The van der Waals surface area contributed by atoms with Gasteiger partial charge < -0.3 is 15.1 Å². The van der Waals surface area contributed by atoms with E-state index in [-0.39, 0.29) is 0 Å². The van der Waals surface area contributed by atoms with Gasteiger partial charge >= 0.3 is 0 Å². The molecule has 0 aromatic heterocycles. The van der Waals surface area contributed by atoms with Crippen LogP contribution in [-0.4, -0.2) is 61.2 Å². The maximum atomic E-state index is 3.90. The topological polar surface area (TPSA) is 18.5 Å². The van der Waals surface area contributed by atoms with Crippen LogP contribution in [0.2, 0.25) is 0 Å². The maximum Gasteiger partial charge on any atom is 0.0217 e. The Hall–Kier alpha value is -0.120. The van der Waals surface area contributed by atoms with Crippen molar-refractivity contribution in [2.45, 2.75) is 75.5 Å². The largest absolute Gasteiger partial charge is 0.312 e. The normalized spacial score (nSPS) is 41.4. The van der Waals surface area contributed by atoms with Crippen molar-refractivity contribution in [2.75, 3.05) is 27.2 Å². The molecule has 3 atom stereocenters. The van der Waals surface area contributed by atoms with Crippen LogP contribution in [0.4, 0.5) is 0 Å². The number of fused-ring (bicyclic) bond motifs is 2. The zero-order valence-electron chi connectivity index (χ0n) is 12.8. The van der Waals surface area contributed by atoms with Crippen LogP contribution in [0.5, 0.6) is 0 Å². The highest BCUT2D eigenvalue weighted by Gasteiger charge is 2.35. The Labute approximate surface area is 118 Å². The van der Waals surface area contributed by atoms with Gasteiger partial charge in [-0.3, -0.25) is 0 Å². The third-order valence-corrected chi connectivity index (χ3v) is 5.90. The molecule has 0 saturated carbocycles. The van der Waals surface area contributed by atoms with Crippen molar-refractivity contribution in [3.63, 3.8) is 0 Å². The van der Waals surface area contributed by atoms with Crippen LogP contribution >= 0.6 is 0 Å². The fourth-order valence-electron chi connectivity index (χ4n) is 4.49. The lowest BCUT2D eigenvalue weighted by atomic mass is 9.82. The minimum atomic E-state index is 0.779. The zero-order chi connectivity index (χ0) is 13.2. The SMILES string of the molecule is CN1CCCCC1CNC1CC2CCCC(C1)N2C. The maximum absolute atomic E-state index is 3.90. The Morgan fingerprint density at radius 3 is 2.37 bits per heavy atom. The molecule has 110 valence electrons. The lowest BCUT2D eigenvalue weighted by Crippen LogP contribution is -2.56. The molecule has 3 nitrogen and oxygen atoms in total. The number of nitrogens with zero attached hydrogens (tertiary/aromatic N) is 2. The third kappa shape index (κ3) is 3.14. The average Bonchev–Trinajstić information content (AvgIpc) is 2.38. The molecule has 0 aromatic carbocycles. The van der Waals surface area contributed by atoms with Crippen molar-refractivity contribution >= 4 is 0 Å². The first-order chi connectivity index (χ1) is 9.24. The van der Waals surface area contributed by atoms with Crippen molar-refractivity contribution in [3.8, 4) is 0 Å². The van der Waals surface area contributed by atoms with Gasteiger partial charge in [-0.25, -0.2) is 0 Å². The molecule has 0 amide bonds. The van der Waals surface area contributed by atoms with Crippen molar-refractivity contribution < 1.29 is 0 Å². The van der Waals surface area contributed by atoms with Gasteiger partial charge in [-0.2, -0.15) is 0 Å². The molecule has 3 aliphatic heterocycles. The Morgan fingerprint density at radius 1 is 0.947 bits per heavy atom. The molecular weight excluding hydrogens is 234 g/mol. The summed E-state index contributed by atoms with van der Waals surface area (Å²) in [6.07, 6.45) is 11.3. The highest BCUT2D eigenvalue weighted by molar-refractivity contribution is 4.94. The first-order valence-electron chi connectivity index (χ1n) is 8.39. The monoisotopic (exact) mass is 265 g/mol. The average molecular weight is 265 g/mol. The van der Waals surface area contributed by atoms with Crippen molar-refractivity contribution in [2.24, 2.45) is 0 Å². The van der Waals surface area contributed by atoms with Crippen molar-refractivity contribution in [1.29, 1.82) is 0 Å². The highest BCUT2D eigenvalue weighted by atomic mass is 15.2. The number of likely N-dealkylation sites (N-methyl/N-ethyl adjacent to an activating group) is 1. The van der Waals surface area contributed by atoms with E-state index in [1.54, 1.807) is 0 Å². The predicted octanol–water partition coefficient (Wildman–Crippen LogP) is 2.08. The number of hydrogen-bond acceptors (Lipinski definition) is 3. The van der Waals surface area contributed by atoms with E-state index in [1.807, 2.05) is 0 Å². The number of rotatable bonds is 3. The summed E-state index contributed by atoms with van der Waals surface area (Å²) in [6, 6.07) is 3.28. The Kier molecular flexibility index (Phi) is 4.45. The van der Waals surface area contributed by atoms with E-state index in [0.29, 0.717) is 0 Å². The van der Waals surface area contributed by atoms with E-state index in [9.17, 15) is 0 Å². The number of likely N-dealkylation sites (tertiary alicyclic amines) is 1. The minimum absolute atomic E-state index is 0.779. The fourth-order valence-corrected chi connectivity index (χ4v) is 4.49. The molecule has 3 aliphatic rings. The van der Waals surface area contributed by atoms with Gasteiger partial charge in [0, 0.05) is 30.7 Å². The van der Waals surface area contributed by atoms with Crippen molar-refractivity contribution in [3.05, 3.63) is 0 Å². The molecule has 3 heterocycles. The number of hydrogen-bond donors (Lipinski definition) is 1. The number of nitrogens with one attached hydrogen (secondary N) is 1. The molecule has 2 bridgehead atoms. The second-order valence-electron chi connectivity index (χ2n) is 7.11. The van der Waals surface area contributed by atoms with Gasteiger partial charge in [0.2, 0.25) is 0 Å². The van der Waals surface area contributed by atoms with Gasteiger partial charge in [-0.1, -0.05) is 12.8 Å². The Balaban J connectivity index is 1.48. The van der Waals surface area contributed by atoms with E-state index in [1.165, 1.54) is 64.5 Å².